The zero-order chi connectivity index (χ0) is 12.4. The molecule has 15 heavy (non-hydrogen) atoms. The predicted molar refractivity (Wildman–Crippen MR) is 53.4 cm³/mol. The van der Waals surface area contributed by atoms with Crippen molar-refractivity contribution in [2.45, 2.75) is 33.3 Å². The number of aliphatic carboxylic acids is 2. The van der Waals surface area contributed by atoms with E-state index in [9.17, 15) is 14.7 Å². The quantitative estimate of drug-likeness (QED) is 0.635. The lowest BCUT2D eigenvalue weighted by atomic mass is 9.73. The van der Waals surface area contributed by atoms with Gasteiger partial charge in [0, 0.05) is 0 Å². The average Bonchev–Trinajstić information content (AvgIpc) is 2.01. The first-order valence-corrected chi connectivity index (χ1v) is 4.84. The molecule has 0 bridgehead atoms. The third-order valence-corrected chi connectivity index (χ3v) is 2.63. The first kappa shape index (κ1) is 13.9. The van der Waals surface area contributed by atoms with Crippen molar-refractivity contribution < 1.29 is 24.9 Å². The molecule has 0 aliphatic rings. The van der Waals surface area contributed by atoms with Crippen LogP contribution in [-0.4, -0.2) is 32.9 Å². The molecule has 0 aromatic carbocycles. The van der Waals surface area contributed by atoms with E-state index in [2.05, 4.69) is 0 Å². The van der Waals surface area contributed by atoms with Crippen molar-refractivity contribution in [1.82, 2.24) is 0 Å². The van der Waals surface area contributed by atoms with Gasteiger partial charge >= 0.3 is 11.9 Å². The molecule has 0 aromatic heterocycles. The summed E-state index contributed by atoms with van der Waals surface area (Å²) in [5, 5.41) is 27.9. The third-order valence-electron chi connectivity index (χ3n) is 2.63. The van der Waals surface area contributed by atoms with Crippen LogP contribution in [0.25, 0.3) is 0 Å². The zero-order valence-corrected chi connectivity index (χ0v) is 9.39. The van der Waals surface area contributed by atoms with Crippen molar-refractivity contribution in [3.8, 4) is 0 Å². The summed E-state index contributed by atoms with van der Waals surface area (Å²) >= 11 is 0. The summed E-state index contributed by atoms with van der Waals surface area (Å²) in [6.45, 7) is 6.14. The Hall–Kier alpha value is -1.10. The molecule has 5 nitrogen and oxygen atoms in total. The van der Waals surface area contributed by atoms with Crippen LogP contribution >= 0.6 is 0 Å². The lowest BCUT2D eigenvalue weighted by Gasteiger charge is -2.35. The van der Waals surface area contributed by atoms with Crippen molar-refractivity contribution >= 4 is 11.9 Å². The van der Waals surface area contributed by atoms with E-state index in [-0.39, 0.29) is 0 Å². The van der Waals surface area contributed by atoms with Gasteiger partial charge in [0.15, 0.2) is 5.60 Å². The molecule has 0 aromatic rings. The Morgan fingerprint density at radius 1 is 1.07 bits per heavy atom. The van der Waals surface area contributed by atoms with Gasteiger partial charge in [-0.15, -0.1) is 0 Å². The molecule has 0 rings (SSSR count). The predicted octanol–water partition coefficient (Wildman–Crippen LogP) is 0.815. The standard InChI is InChI=1S/C10H18O5/c1-5(2)7(8(11)12)10(15,6(3)4)9(13)14/h5-7,15H,1-4H3,(H,11,12)(H,13,14). The summed E-state index contributed by atoms with van der Waals surface area (Å²) in [5.74, 6) is -5.21. The SMILES string of the molecule is CC(C)C(C(=O)O)C(O)(C(=O)O)C(C)C. The molecular formula is C10H18O5. The molecule has 0 radical (unpaired) electrons. The lowest BCUT2D eigenvalue weighted by Crippen LogP contribution is -2.55. The molecule has 0 amide bonds. The van der Waals surface area contributed by atoms with Gasteiger partial charge in [-0.2, -0.15) is 0 Å². The van der Waals surface area contributed by atoms with E-state index in [4.69, 9.17) is 10.2 Å². The topological polar surface area (TPSA) is 94.8 Å². The Morgan fingerprint density at radius 3 is 1.53 bits per heavy atom. The fourth-order valence-electron chi connectivity index (χ4n) is 1.72. The van der Waals surface area contributed by atoms with Crippen LogP contribution in [-0.2, 0) is 9.59 Å². The van der Waals surface area contributed by atoms with Gasteiger partial charge in [-0.05, 0) is 11.8 Å². The van der Waals surface area contributed by atoms with Crippen LogP contribution in [0.2, 0.25) is 0 Å². The number of hydrogen-bond donors (Lipinski definition) is 3. The van der Waals surface area contributed by atoms with Gasteiger partial charge in [0.1, 0.15) is 0 Å². The Bertz CT molecular complexity index is 259. The summed E-state index contributed by atoms with van der Waals surface area (Å²) in [5.41, 5.74) is -2.22. The Morgan fingerprint density at radius 2 is 1.47 bits per heavy atom. The van der Waals surface area contributed by atoms with E-state index in [0.29, 0.717) is 0 Å². The van der Waals surface area contributed by atoms with Crippen LogP contribution in [0, 0.1) is 17.8 Å². The number of carboxylic acid groups (broad SMARTS) is 2. The van der Waals surface area contributed by atoms with Crippen LogP contribution in [0.1, 0.15) is 27.7 Å². The van der Waals surface area contributed by atoms with Crippen molar-refractivity contribution in [3.63, 3.8) is 0 Å². The largest absolute Gasteiger partial charge is 0.481 e. The molecule has 88 valence electrons. The number of hydrogen-bond acceptors (Lipinski definition) is 3. The Balaban J connectivity index is 5.39. The third kappa shape index (κ3) is 2.47. The second kappa shape index (κ2) is 4.61. The minimum Gasteiger partial charge on any atom is -0.481 e. The highest BCUT2D eigenvalue weighted by Gasteiger charge is 2.51. The summed E-state index contributed by atoms with van der Waals surface area (Å²) in [7, 11) is 0. The molecule has 3 N–H and O–H groups in total. The second-order valence-corrected chi connectivity index (χ2v) is 4.35. The smallest absolute Gasteiger partial charge is 0.336 e. The van der Waals surface area contributed by atoms with Gasteiger partial charge in [-0.1, -0.05) is 27.7 Å². The summed E-state index contributed by atoms with van der Waals surface area (Å²) < 4.78 is 0. The number of carbonyl (C=O) groups is 2. The van der Waals surface area contributed by atoms with Crippen molar-refractivity contribution in [2.75, 3.05) is 0 Å². The van der Waals surface area contributed by atoms with Crippen LogP contribution in [0.15, 0.2) is 0 Å². The van der Waals surface area contributed by atoms with Gasteiger partial charge in [-0.25, -0.2) is 4.79 Å². The first-order chi connectivity index (χ1) is 6.65. The number of rotatable bonds is 5. The number of aliphatic hydroxyl groups is 1. The Labute approximate surface area is 88.7 Å². The van der Waals surface area contributed by atoms with Gasteiger partial charge in [0.2, 0.25) is 0 Å². The maximum Gasteiger partial charge on any atom is 0.336 e. The van der Waals surface area contributed by atoms with E-state index in [0.717, 1.165) is 0 Å². The zero-order valence-electron chi connectivity index (χ0n) is 9.39. The molecule has 0 saturated heterocycles. The van der Waals surface area contributed by atoms with Crippen LogP contribution in [0.3, 0.4) is 0 Å². The summed E-state index contributed by atoms with van der Waals surface area (Å²) in [4.78, 5) is 22.0. The molecule has 5 heteroatoms. The average molecular weight is 218 g/mol. The van der Waals surface area contributed by atoms with Gasteiger partial charge in [-0.3, -0.25) is 4.79 Å². The van der Waals surface area contributed by atoms with Crippen LogP contribution < -0.4 is 0 Å². The number of carboxylic acids is 2. The highest BCUT2D eigenvalue weighted by molar-refractivity contribution is 5.86. The molecule has 0 fully saturated rings. The molecular weight excluding hydrogens is 200 g/mol. The van der Waals surface area contributed by atoms with Gasteiger partial charge in [0.05, 0.1) is 5.92 Å². The molecule has 0 aliphatic heterocycles. The fourth-order valence-corrected chi connectivity index (χ4v) is 1.72. The molecule has 0 spiro atoms. The monoisotopic (exact) mass is 218 g/mol. The lowest BCUT2D eigenvalue weighted by molar-refractivity contribution is -0.184. The van der Waals surface area contributed by atoms with Crippen LogP contribution in [0.5, 0.6) is 0 Å². The van der Waals surface area contributed by atoms with E-state index in [1.165, 1.54) is 13.8 Å². The molecule has 0 heterocycles. The van der Waals surface area contributed by atoms with Crippen molar-refractivity contribution in [3.05, 3.63) is 0 Å². The van der Waals surface area contributed by atoms with E-state index < -0.39 is 35.3 Å². The van der Waals surface area contributed by atoms with E-state index in [1.807, 2.05) is 0 Å². The maximum atomic E-state index is 11.0. The minimum absolute atomic E-state index is 0.453. The Kier molecular flexibility index (Phi) is 4.27. The van der Waals surface area contributed by atoms with Crippen molar-refractivity contribution in [1.29, 1.82) is 0 Å². The summed E-state index contributed by atoms with van der Waals surface area (Å²) in [6, 6.07) is 0. The van der Waals surface area contributed by atoms with Crippen LogP contribution in [0.4, 0.5) is 0 Å². The van der Waals surface area contributed by atoms with E-state index in [1.54, 1.807) is 13.8 Å². The normalized spacial score (nSPS) is 17.5. The van der Waals surface area contributed by atoms with Gasteiger partial charge < -0.3 is 15.3 Å². The molecule has 2 unspecified atom stereocenters. The molecule has 2 atom stereocenters. The first-order valence-electron chi connectivity index (χ1n) is 4.84. The van der Waals surface area contributed by atoms with E-state index >= 15 is 0 Å². The molecule has 0 aliphatic carbocycles. The highest BCUT2D eigenvalue weighted by atomic mass is 16.4. The fraction of sp³-hybridized carbons (Fsp3) is 0.800. The highest BCUT2D eigenvalue weighted by Crippen LogP contribution is 2.32. The molecule has 0 saturated carbocycles. The van der Waals surface area contributed by atoms with Crippen molar-refractivity contribution in [2.24, 2.45) is 17.8 Å². The van der Waals surface area contributed by atoms with Gasteiger partial charge in [0.25, 0.3) is 0 Å². The second-order valence-electron chi connectivity index (χ2n) is 4.35. The maximum absolute atomic E-state index is 11.0. The minimum atomic E-state index is -2.22. The summed E-state index contributed by atoms with van der Waals surface area (Å²) in [6.07, 6.45) is 0.